The lowest BCUT2D eigenvalue weighted by atomic mass is 10.2. The zero-order valence-electron chi connectivity index (χ0n) is 9.12. The average Bonchev–Trinajstić information content (AvgIpc) is 2.28. The van der Waals surface area contributed by atoms with E-state index in [4.69, 9.17) is 0 Å². The maximum atomic E-state index is 11.2. The Labute approximate surface area is 90.9 Å². The smallest absolute Gasteiger partial charge is 0.233 e. The molecule has 0 aliphatic heterocycles. The van der Waals surface area contributed by atoms with Crippen molar-refractivity contribution in [3.63, 3.8) is 0 Å². The van der Waals surface area contributed by atoms with Crippen molar-refractivity contribution in [2.24, 2.45) is 0 Å². The summed E-state index contributed by atoms with van der Waals surface area (Å²) in [6, 6.07) is 10.0. The second-order valence-electron chi connectivity index (χ2n) is 3.44. The lowest BCUT2D eigenvalue weighted by Crippen LogP contribution is -2.33. The topological polar surface area (TPSA) is 41.1 Å². The van der Waals surface area contributed by atoms with E-state index in [0.29, 0.717) is 6.54 Å². The molecule has 0 aromatic heterocycles. The van der Waals surface area contributed by atoms with Crippen molar-refractivity contribution in [3.05, 3.63) is 35.9 Å². The molecule has 0 unspecified atom stereocenters. The fourth-order valence-electron chi connectivity index (χ4n) is 1.24. The molecule has 2 N–H and O–H groups in total. The lowest BCUT2D eigenvalue weighted by Gasteiger charge is -2.05. The minimum Gasteiger partial charge on any atom is -0.355 e. The Morgan fingerprint density at radius 2 is 2.00 bits per heavy atom. The third-order valence-electron chi connectivity index (χ3n) is 2.03. The van der Waals surface area contributed by atoms with Crippen molar-refractivity contribution in [2.75, 3.05) is 13.1 Å². The van der Waals surface area contributed by atoms with Crippen LogP contribution in [-0.2, 0) is 11.3 Å². The van der Waals surface area contributed by atoms with E-state index >= 15 is 0 Å². The van der Waals surface area contributed by atoms with Gasteiger partial charge in [0.1, 0.15) is 0 Å². The van der Waals surface area contributed by atoms with Crippen molar-refractivity contribution in [1.29, 1.82) is 0 Å². The first-order chi connectivity index (χ1) is 7.33. The average molecular weight is 206 g/mol. The number of carbonyl (C=O) groups is 1. The first kappa shape index (κ1) is 11.7. The van der Waals surface area contributed by atoms with Gasteiger partial charge in [0, 0.05) is 13.1 Å². The zero-order valence-corrected chi connectivity index (χ0v) is 9.12. The predicted molar refractivity (Wildman–Crippen MR) is 61.4 cm³/mol. The van der Waals surface area contributed by atoms with Gasteiger partial charge in [-0.1, -0.05) is 37.3 Å². The summed E-state index contributed by atoms with van der Waals surface area (Å²) in [4.78, 5) is 11.2. The Balaban J connectivity index is 2.14. The van der Waals surface area contributed by atoms with Crippen LogP contribution in [-0.4, -0.2) is 19.0 Å². The summed E-state index contributed by atoms with van der Waals surface area (Å²) in [5, 5.41) is 5.92. The third kappa shape index (κ3) is 5.18. The fraction of sp³-hybridized carbons (Fsp3) is 0.417. The molecule has 0 bridgehead atoms. The molecule has 82 valence electrons. The number of nitrogens with one attached hydrogen (secondary N) is 2. The summed E-state index contributed by atoms with van der Waals surface area (Å²) in [5.74, 6) is 0.0628. The number of amides is 1. The number of rotatable bonds is 6. The molecule has 1 aromatic rings. The molecule has 1 aromatic carbocycles. The SMILES string of the molecule is CCCNC(=O)CNCc1ccccc1. The molecule has 0 aliphatic rings. The quantitative estimate of drug-likeness (QED) is 0.736. The van der Waals surface area contributed by atoms with E-state index in [-0.39, 0.29) is 5.91 Å². The molecular weight excluding hydrogens is 188 g/mol. The van der Waals surface area contributed by atoms with Gasteiger partial charge in [0.25, 0.3) is 0 Å². The van der Waals surface area contributed by atoms with Crippen molar-refractivity contribution in [3.8, 4) is 0 Å². The first-order valence-electron chi connectivity index (χ1n) is 5.34. The highest BCUT2D eigenvalue weighted by Gasteiger charge is 1.98. The highest BCUT2D eigenvalue weighted by atomic mass is 16.1. The summed E-state index contributed by atoms with van der Waals surface area (Å²) >= 11 is 0. The Bertz CT molecular complexity index is 285. The van der Waals surface area contributed by atoms with E-state index in [0.717, 1.165) is 19.5 Å². The normalized spacial score (nSPS) is 9.93. The highest BCUT2D eigenvalue weighted by molar-refractivity contribution is 5.77. The van der Waals surface area contributed by atoms with Gasteiger partial charge in [0.2, 0.25) is 5.91 Å². The van der Waals surface area contributed by atoms with Gasteiger partial charge in [-0.15, -0.1) is 0 Å². The molecule has 1 amide bonds. The number of carbonyl (C=O) groups excluding carboxylic acids is 1. The van der Waals surface area contributed by atoms with Crippen molar-refractivity contribution in [1.82, 2.24) is 10.6 Å². The van der Waals surface area contributed by atoms with E-state index < -0.39 is 0 Å². The first-order valence-corrected chi connectivity index (χ1v) is 5.34. The summed E-state index contributed by atoms with van der Waals surface area (Å²) in [7, 11) is 0. The van der Waals surface area contributed by atoms with Crippen molar-refractivity contribution in [2.45, 2.75) is 19.9 Å². The Hall–Kier alpha value is -1.35. The van der Waals surface area contributed by atoms with Gasteiger partial charge in [0.15, 0.2) is 0 Å². The molecule has 1 rings (SSSR count). The summed E-state index contributed by atoms with van der Waals surface area (Å²) in [6.07, 6.45) is 0.977. The maximum absolute atomic E-state index is 11.2. The van der Waals surface area contributed by atoms with E-state index in [1.165, 1.54) is 5.56 Å². The van der Waals surface area contributed by atoms with Crippen LogP contribution in [0.25, 0.3) is 0 Å². The highest BCUT2D eigenvalue weighted by Crippen LogP contribution is 1.96. The molecule has 15 heavy (non-hydrogen) atoms. The number of benzene rings is 1. The van der Waals surface area contributed by atoms with Crippen LogP contribution in [0.5, 0.6) is 0 Å². The molecule has 0 fully saturated rings. The monoisotopic (exact) mass is 206 g/mol. The molecule has 0 saturated heterocycles. The van der Waals surface area contributed by atoms with Crippen LogP contribution >= 0.6 is 0 Å². The van der Waals surface area contributed by atoms with Crippen LogP contribution < -0.4 is 10.6 Å². The van der Waals surface area contributed by atoms with Crippen LogP contribution in [0.4, 0.5) is 0 Å². The van der Waals surface area contributed by atoms with Gasteiger partial charge in [-0.3, -0.25) is 4.79 Å². The fourth-order valence-corrected chi connectivity index (χ4v) is 1.24. The Kier molecular flexibility index (Phi) is 5.48. The van der Waals surface area contributed by atoms with Crippen LogP contribution in [0.15, 0.2) is 30.3 Å². The van der Waals surface area contributed by atoms with Crippen molar-refractivity contribution < 1.29 is 4.79 Å². The van der Waals surface area contributed by atoms with E-state index in [9.17, 15) is 4.79 Å². The number of hydrogen-bond acceptors (Lipinski definition) is 2. The minimum atomic E-state index is 0.0628. The standard InChI is InChI=1S/C12H18N2O/c1-2-8-14-12(15)10-13-9-11-6-4-3-5-7-11/h3-7,13H,2,8-10H2,1H3,(H,14,15). The number of hydrogen-bond donors (Lipinski definition) is 2. The molecular formula is C12H18N2O. The van der Waals surface area contributed by atoms with E-state index in [2.05, 4.69) is 10.6 Å². The van der Waals surface area contributed by atoms with Gasteiger partial charge >= 0.3 is 0 Å². The van der Waals surface area contributed by atoms with Gasteiger partial charge < -0.3 is 10.6 Å². The predicted octanol–water partition coefficient (Wildman–Crippen LogP) is 1.30. The summed E-state index contributed by atoms with van der Waals surface area (Å²) in [6.45, 7) is 3.92. The van der Waals surface area contributed by atoms with Gasteiger partial charge in [0.05, 0.1) is 6.54 Å². The molecule has 0 saturated carbocycles. The van der Waals surface area contributed by atoms with E-state index in [1.807, 2.05) is 37.3 Å². The lowest BCUT2D eigenvalue weighted by molar-refractivity contribution is -0.120. The molecule has 0 radical (unpaired) electrons. The Morgan fingerprint density at radius 1 is 1.27 bits per heavy atom. The molecule has 0 heterocycles. The van der Waals surface area contributed by atoms with Gasteiger partial charge in [-0.25, -0.2) is 0 Å². The maximum Gasteiger partial charge on any atom is 0.233 e. The summed E-state index contributed by atoms with van der Waals surface area (Å²) in [5.41, 5.74) is 1.20. The summed E-state index contributed by atoms with van der Waals surface area (Å²) < 4.78 is 0. The van der Waals surface area contributed by atoms with E-state index in [1.54, 1.807) is 0 Å². The molecule has 0 aliphatic carbocycles. The molecule has 3 nitrogen and oxygen atoms in total. The third-order valence-corrected chi connectivity index (χ3v) is 2.03. The molecule has 0 spiro atoms. The largest absolute Gasteiger partial charge is 0.355 e. The van der Waals surface area contributed by atoms with Crippen LogP contribution in [0.3, 0.4) is 0 Å². The van der Waals surface area contributed by atoms with Crippen LogP contribution in [0.2, 0.25) is 0 Å². The molecule has 0 atom stereocenters. The minimum absolute atomic E-state index is 0.0628. The van der Waals surface area contributed by atoms with Gasteiger partial charge in [-0.05, 0) is 12.0 Å². The zero-order chi connectivity index (χ0) is 10.9. The van der Waals surface area contributed by atoms with Gasteiger partial charge in [-0.2, -0.15) is 0 Å². The second kappa shape index (κ2) is 7.01. The van der Waals surface area contributed by atoms with Crippen molar-refractivity contribution >= 4 is 5.91 Å². The molecule has 3 heteroatoms. The second-order valence-corrected chi connectivity index (χ2v) is 3.44. The van der Waals surface area contributed by atoms with Crippen LogP contribution in [0.1, 0.15) is 18.9 Å². The Morgan fingerprint density at radius 3 is 2.67 bits per heavy atom. The van der Waals surface area contributed by atoms with Crippen LogP contribution in [0, 0.1) is 0 Å².